The Hall–Kier alpha value is -3.39. The summed E-state index contributed by atoms with van der Waals surface area (Å²) in [5, 5.41) is 7.91. The number of hydrogen-bond donors (Lipinski definition) is 0. The molecule has 2 aliphatic rings. The van der Waals surface area contributed by atoms with Crippen molar-refractivity contribution in [3.05, 3.63) is 90.5 Å². The molecule has 4 aromatic rings. The summed E-state index contributed by atoms with van der Waals surface area (Å²) >= 11 is 0. The second-order valence-electron chi connectivity index (χ2n) is 7.72. The quantitative estimate of drug-likeness (QED) is 0.391. The number of hydrogen-bond acceptors (Lipinski definition) is 2. The SMILES string of the molecule is CN1C=NC2C=CC=C(c3ccc4c5ccccc5c5ccccc5c4c3)C21. The average Bonchev–Trinajstić information content (AvgIpc) is 3.15. The molecule has 0 saturated carbocycles. The van der Waals surface area contributed by atoms with Crippen molar-refractivity contribution in [2.75, 3.05) is 7.05 Å². The van der Waals surface area contributed by atoms with E-state index in [1.165, 1.54) is 43.5 Å². The van der Waals surface area contributed by atoms with Crippen LogP contribution in [0.25, 0.3) is 37.9 Å². The summed E-state index contributed by atoms with van der Waals surface area (Å²) in [5.74, 6) is 0. The van der Waals surface area contributed by atoms with E-state index in [4.69, 9.17) is 0 Å². The first kappa shape index (κ1) is 15.6. The third-order valence-corrected chi connectivity index (χ3v) is 6.16. The fourth-order valence-electron chi connectivity index (χ4n) is 4.86. The zero-order chi connectivity index (χ0) is 18.7. The van der Waals surface area contributed by atoms with Crippen LogP contribution in [-0.2, 0) is 0 Å². The van der Waals surface area contributed by atoms with Gasteiger partial charge in [0.2, 0.25) is 0 Å². The first-order valence-corrected chi connectivity index (χ1v) is 9.78. The van der Waals surface area contributed by atoms with Gasteiger partial charge >= 0.3 is 0 Å². The maximum atomic E-state index is 4.64. The van der Waals surface area contributed by atoms with Crippen molar-refractivity contribution in [1.29, 1.82) is 0 Å². The summed E-state index contributed by atoms with van der Waals surface area (Å²) in [6.45, 7) is 0. The molecule has 0 fully saturated rings. The molecule has 6 rings (SSSR count). The summed E-state index contributed by atoms with van der Waals surface area (Å²) in [5.41, 5.74) is 2.62. The van der Waals surface area contributed by atoms with Gasteiger partial charge < -0.3 is 4.90 Å². The number of aliphatic imine (C=N–C) groups is 1. The van der Waals surface area contributed by atoms with Gasteiger partial charge in [-0.05, 0) is 49.5 Å². The van der Waals surface area contributed by atoms with Crippen LogP contribution >= 0.6 is 0 Å². The maximum Gasteiger partial charge on any atom is 0.0945 e. The number of fused-ring (bicyclic) bond motifs is 7. The molecule has 0 radical (unpaired) electrons. The Bertz CT molecular complexity index is 1310. The van der Waals surface area contributed by atoms with Crippen molar-refractivity contribution >= 4 is 44.2 Å². The van der Waals surface area contributed by atoms with Gasteiger partial charge in [0.15, 0.2) is 0 Å². The highest BCUT2D eigenvalue weighted by molar-refractivity contribution is 6.25. The van der Waals surface area contributed by atoms with Gasteiger partial charge in [-0.3, -0.25) is 4.99 Å². The van der Waals surface area contributed by atoms with Crippen molar-refractivity contribution in [2.45, 2.75) is 12.1 Å². The van der Waals surface area contributed by atoms with Gasteiger partial charge in [0.25, 0.3) is 0 Å². The topological polar surface area (TPSA) is 15.6 Å². The lowest BCUT2D eigenvalue weighted by Crippen LogP contribution is -2.35. The molecule has 1 heterocycles. The molecule has 0 aromatic heterocycles. The molecule has 0 bridgehead atoms. The summed E-state index contributed by atoms with van der Waals surface area (Å²) in [6.07, 6.45) is 8.55. The van der Waals surface area contributed by atoms with Crippen molar-refractivity contribution < 1.29 is 0 Å². The molecule has 0 spiro atoms. The highest BCUT2D eigenvalue weighted by Crippen LogP contribution is 2.38. The zero-order valence-corrected chi connectivity index (χ0v) is 15.7. The van der Waals surface area contributed by atoms with E-state index in [-0.39, 0.29) is 12.1 Å². The Balaban J connectivity index is 1.65. The molecule has 4 aromatic carbocycles. The van der Waals surface area contributed by atoms with Gasteiger partial charge in [0.1, 0.15) is 0 Å². The van der Waals surface area contributed by atoms with Crippen LogP contribution in [-0.4, -0.2) is 30.4 Å². The van der Waals surface area contributed by atoms with Crippen LogP contribution in [0.4, 0.5) is 0 Å². The van der Waals surface area contributed by atoms with Crippen molar-refractivity contribution in [2.24, 2.45) is 4.99 Å². The molecule has 2 atom stereocenters. The molecule has 2 unspecified atom stereocenters. The number of benzene rings is 4. The van der Waals surface area contributed by atoms with E-state index in [0.29, 0.717) is 0 Å². The van der Waals surface area contributed by atoms with Crippen LogP contribution in [0.5, 0.6) is 0 Å². The largest absolute Gasteiger partial charge is 0.356 e. The summed E-state index contributed by atoms with van der Waals surface area (Å²) < 4.78 is 0. The smallest absolute Gasteiger partial charge is 0.0945 e. The second kappa shape index (κ2) is 5.80. The average molecular weight is 360 g/mol. The van der Waals surface area contributed by atoms with Gasteiger partial charge in [-0.25, -0.2) is 0 Å². The van der Waals surface area contributed by atoms with E-state index >= 15 is 0 Å². The maximum absolute atomic E-state index is 4.64. The highest BCUT2D eigenvalue weighted by atomic mass is 15.2. The van der Waals surface area contributed by atoms with Crippen LogP contribution in [0.3, 0.4) is 0 Å². The Labute approximate surface area is 164 Å². The molecule has 0 saturated heterocycles. The predicted molar refractivity (Wildman–Crippen MR) is 120 cm³/mol. The standard InChI is InChI=1S/C26H20N2/c1-28-16-27-25-12-6-11-18(26(25)28)17-13-14-23-21-9-3-2-7-19(21)20-8-4-5-10-22(20)24(23)15-17/h2-16,25-26H,1H3. The minimum Gasteiger partial charge on any atom is -0.356 e. The molecule has 1 aliphatic heterocycles. The van der Waals surface area contributed by atoms with Crippen LogP contribution in [0.2, 0.25) is 0 Å². The first-order valence-electron chi connectivity index (χ1n) is 9.78. The Morgan fingerprint density at radius 2 is 1.36 bits per heavy atom. The Kier molecular flexibility index (Phi) is 3.24. The normalized spacial score (nSPS) is 20.9. The Morgan fingerprint density at radius 3 is 2.04 bits per heavy atom. The number of rotatable bonds is 1. The number of likely N-dealkylation sites (N-methyl/N-ethyl adjacent to an activating group) is 1. The fourth-order valence-corrected chi connectivity index (χ4v) is 4.86. The van der Waals surface area contributed by atoms with Crippen molar-refractivity contribution in [3.8, 4) is 0 Å². The molecule has 134 valence electrons. The Morgan fingerprint density at radius 1 is 0.750 bits per heavy atom. The van der Waals surface area contributed by atoms with Crippen LogP contribution in [0.15, 0.2) is 90.0 Å². The van der Waals surface area contributed by atoms with Gasteiger partial charge in [0.05, 0.1) is 18.4 Å². The van der Waals surface area contributed by atoms with Crippen LogP contribution < -0.4 is 0 Å². The number of nitrogens with zero attached hydrogens (tertiary/aromatic N) is 2. The van der Waals surface area contributed by atoms with E-state index in [0.717, 1.165) is 0 Å². The third kappa shape index (κ3) is 2.12. The van der Waals surface area contributed by atoms with Gasteiger partial charge in [-0.1, -0.05) is 78.9 Å². The van der Waals surface area contributed by atoms with E-state index in [9.17, 15) is 0 Å². The first-order chi connectivity index (χ1) is 13.8. The van der Waals surface area contributed by atoms with E-state index in [1.54, 1.807) is 0 Å². The summed E-state index contributed by atoms with van der Waals surface area (Å²) in [7, 11) is 2.12. The van der Waals surface area contributed by atoms with Gasteiger partial charge in [-0.2, -0.15) is 0 Å². The second-order valence-corrected chi connectivity index (χ2v) is 7.72. The molecule has 0 N–H and O–H groups in total. The lowest BCUT2D eigenvalue weighted by atomic mass is 9.87. The third-order valence-electron chi connectivity index (χ3n) is 6.16. The summed E-state index contributed by atoms with van der Waals surface area (Å²) in [6, 6.07) is 24.9. The summed E-state index contributed by atoms with van der Waals surface area (Å²) in [4.78, 5) is 6.87. The van der Waals surface area contributed by atoms with Crippen molar-refractivity contribution in [1.82, 2.24) is 4.90 Å². The van der Waals surface area contributed by atoms with Crippen molar-refractivity contribution in [3.63, 3.8) is 0 Å². The lowest BCUT2D eigenvalue weighted by Gasteiger charge is -2.28. The van der Waals surface area contributed by atoms with Gasteiger partial charge in [0, 0.05) is 7.05 Å². The minimum absolute atomic E-state index is 0.217. The molecular weight excluding hydrogens is 340 g/mol. The molecule has 0 amide bonds. The van der Waals surface area contributed by atoms with Crippen LogP contribution in [0, 0.1) is 0 Å². The molecule has 1 aliphatic carbocycles. The monoisotopic (exact) mass is 360 g/mol. The van der Waals surface area contributed by atoms with E-state index in [2.05, 4.69) is 102 Å². The number of allylic oxidation sites excluding steroid dienone is 2. The predicted octanol–water partition coefficient (Wildman–Crippen LogP) is 5.81. The fraction of sp³-hybridized carbons (Fsp3) is 0.115. The minimum atomic E-state index is 0.217. The molecule has 28 heavy (non-hydrogen) atoms. The van der Waals surface area contributed by atoms with E-state index < -0.39 is 0 Å². The molecular formula is C26H20N2. The van der Waals surface area contributed by atoms with E-state index in [1.807, 2.05) is 6.34 Å². The van der Waals surface area contributed by atoms with Crippen LogP contribution in [0.1, 0.15) is 5.56 Å². The molecule has 2 nitrogen and oxygen atoms in total. The highest BCUT2D eigenvalue weighted by Gasteiger charge is 2.32. The molecule has 2 heteroatoms. The van der Waals surface area contributed by atoms with Gasteiger partial charge in [-0.15, -0.1) is 0 Å². The zero-order valence-electron chi connectivity index (χ0n) is 15.7. The lowest BCUT2D eigenvalue weighted by molar-refractivity contribution is 0.456.